The van der Waals surface area contributed by atoms with Crippen molar-refractivity contribution in [2.75, 3.05) is 13.1 Å². The normalized spacial score (nSPS) is 27.6. The Labute approximate surface area is 86.3 Å². The van der Waals surface area contributed by atoms with E-state index < -0.39 is 5.60 Å². The first kappa shape index (κ1) is 11.5. The molecule has 0 aromatic rings. The van der Waals surface area contributed by atoms with E-state index in [0.29, 0.717) is 6.54 Å². The van der Waals surface area contributed by atoms with Crippen molar-refractivity contribution >= 4 is 0 Å². The molecule has 2 atom stereocenters. The lowest BCUT2D eigenvalue weighted by atomic mass is 9.92. The van der Waals surface area contributed by atoms with Crippen LogP contribution in [0.4, 0.5) is 0 Å². The molecule has 0 amide bonds. The van der Waals surface area contributed by atoms with Gasteiger partial charge in [-0.2, -0.15) is 5.26 Å². The van der Waals surface area contributed by atoms with Crippen LogP contribution in [0, 0.1) is 17.2 Å². The maximum atomic E-state index is 10.1. The largest absolute Gasteiger partial charge is 0.389 e. The molecule has 1 aliphatic rings. The van der Waals surface area contributed by atoms with Crippen molar-refractivity contribution in [2.24, 2.45) is 5.92 Å². The molecule has 1 rings (SSSR count). The van der Waals surface area contributed by atoms with E-state index in [-0.39, 0.29) is 12.0 Å². The van der Waals surface area contributed by atoms with Crippen LogP contribution in [0.3, 0.4) is 0 Å². The third-order valence-electron chi connectivity index (χ3n) is 3.28. The smallest absolute Gasteiger partial charge is 0.0979 e. The average Bonchev–Trinajstić information content (AvgIpc) is 2.50. The molecule has 3 heteroatoms. The number of hydrogen-bond acceptors (Lipinski definition) is 3. The van der Waals surface area contributed by atoms with Crippen molar-refractivity contribution in [3.8, 4) is 6.07 Å². The first-order valence-corrected chi connectivity index (χ1v) is 5.33. The van der Waals surface area contributed by atoms with E-state index in [4.69, 9.17) is 5.26 Å². The number of nitrogens with zero attached hydrogens (tertiary/aromatic N) is 2. The minimum atomic E-state index is -0.681. The van der Waals surface area contributed by atoms with Crippen LogP contribution in [0.5, 0.6) is 0 Å². The lowest BCUT2D eigenvalue weighted by molar-refractivity contribution is -0.0178. The standard InChI is InChI=1S/C11H20N2O/c1-9(2)11(3,14)8-13-6-4-5-10(13)7-12/h9-10,14H,4-6,8H2,1-3H3. The van der Waals surface area contributed by atoms with Gasteiger partial charge in [-0.05, 0) is 32.2 Å². The van der Waals surface area contributed by atoms with Crippen LogP contribution in [0.2, 0.25) is 0 Å². The minimum Gasteiger partial charge on any atom is -0.389 e. The molecule has 1 N–H and O–H groups in total. The molecule has 0 bridgehead atoms. The minimum absolute atomic E-state index is 0.0141. The molecule has 1 aliphatic heterocycles. The van der Waals surface area contributed by atoms with Gasteiger partial charge in [0.15, 0.2) is 0 Å². The number of rotatable bonds is 3. The van der Waals surface area contributed by atoms with Crippen LogP contribution in [-0.2, 0) is 0 Å². The third kappa shape index (κ3) is 2.46. The second-order valence-electron chi connectivity index (χ2n) is 4.77. The maximum Gasteiger partial charge on any atom is 0.0979 e. The molecule has 0 radical (unpaired) electrons. The first-order valence-electron chi connectivity index (χ1n) is 5.33. The summed E-state index contributed by atoms with van der Waals surface area (Å²) in [6.45, 7) is 7.43. The highest BCUT2D eigenvalue weighted by Crippen LogP contribution is 2.23. The van der Waals surface area contributed by atoms with Gasteiger partial charge in [0.25, 0.3) is 0 Å². The van der Waals surface area contributed by atoms with Crippen molar-refractivity contribution < 1.29 is 5.11 Å². The molecule has 3 nitrogen and oxygen atoms in total. The van der Waals surface area contributed by atoms with E-state index in [2.05, 4.69) is 11.0 Å². The van der Waals surface area contributed by atoms with Crippen LogP contribution in [0.15, 0.2) is 0 Å². The van der Waals surface area contributed by atoms with Crippen LogP contribution in [0.25, 0.3) is 0 Å². The molecule has 0 saturated carbocycles. The van der Waals surface area contributed by atoms with E-state index in [1.54, 1.807) is 0 Å². The van der Waals surface area contributed by atoms with Gasteiger partial charge in [-0.15, -0.1) is 0 Å². The Morgan fingerprint density at radius 3 is 2.79 bits per heavy atom. The molecule has 1 fully saturated rings. The second-order valence-corrected chi connectivity index (χ2v) is 4.77. The summed E-state index contributed by atoms with van der Waals surface area (Å²) in [6.07, 6.45) is 2.02. The lowest BCUT2D eigenvalue weighted by Crippen LogP contribution is -2.45. The van der Waals surface area contributed by atoms with Gasteiger partial charge in [-0.25, -0.2) is 0 Å². The topological polar surface area (TPSA) is 47.3 Å². The lowest BCUT2D eigenvalue weighted by Gasteiger charge is -2.33. The van der Waals surface area contributed by atoms with Crippen LogP contribution >= 0.6 is 0 Å². The van der Waals surface area contributed by atoms with Gasteiger partial charge in [-0.1, -0.05) is 13.8 Å². The van der Waals surface area contributed by atoms with Gasteiger partial charge in [0, 0.05) is 6.54 Å². The van der Waals surface area contributed by atoms with Crippen molar-refractivity contribution in [2.45, 2.75) is 45.3 Å². The molecular weight excluding hydrogens is 176 g/mol. The monoisotopic (exact) mass is 196 g/mol. The van der Waals surface area contributed by atoms with E-state index >= 15 is 0 Å². The molecular formula is C11H20N2O. The zero-order valence-corrected chi connectivity index (χ0v) is 9.32. The Balaban J connectivity index is 2.56. The quantitative estimate of drug-likeness (QED) is 0.742. The Morgan fingerprint density at radius 1 is 1.64 bits per heavy atom. The number of hydrogen-bond donors (Lipinski definition) is 1. The van der Waals surface area contributed by atoms with Crippen LogP contribution < -0.4 is 0 Å². The van der Waals surface area contributed by atoms with Crippen molar-refractivity contribution in [1.29, 1.82) is 5.26 Å². The molecule has 0 spiro atoms. The van der Waals surface area contributed by atoms with Crippen molar-refractivity contribution in [1.82, 2.24) is 4.90 Å². The van der Waals surface area contributed by atoms with Crippen molar-refractivity contribution in [3.63, 3.8) is 0 Å². The average molecular weight is 196 g/mol. The third-order valence-corrected chi connectivity index (χ3v) is 3.28. The number of nitriles is 1. The Kier molecular flexibility index (Phi) is 3.52. The van der Waals surface area contributed by atoms with Crippen LogP contribution in [0.1, 0.15) is 33.6 Å². The first-order chi connectivity index (χ1) is 6.47. The summed E-state index contributed by atoms with van der Waals surface area (Å²) in [5.74, 6) is 0.224. The summed E-state index contributed by atoms with van der Waals surface area (Å²) in [7, 11) is 0. The summed E-state index contributed by atoms with van der Waals surface area (Å²) < 4.78 is 0. The number of aliphatic hydroxyl groups is 1. The van der Waals surface area contributed by atoms with Crippen molar-refractivity contribution in [3.05, 3.63) is 0 Å². The summed E-state index contributed by atoms with van der Waals surface area (Å²) in [4.78, 5) is 2.10. The van der Waals surface area contributed by atoms with Gasteiger partial charge in [0.1, 0.15) is 0 Å². The molecule has 80 valence electrons. The Morgan fingerprint density at radius 2 is 2.29 bits per heavy atom. The fourth-order valence-electron chi connectivity index (χ4n) is 1.76. The fraction of sp³-hybridized carbons (Fsp3) is 0.909. The molecule has 0 aromatic carbocycles. The summed E-state index contributed by atoms with van der Waals surface area (Å²) in [5.41, 5.74) is -0.681. The molecule has 14 heavy (non-hydrogen) atoms. The summed E-state index contributed by atoms with van der Waals surface area (Å²) in [5, 5.41) is 19.0. The SMILES string of the molecule is CC(C)C(C)(O)CN1CCCC1C#N. The van der Waals surface area contributed by atoms with Gasteiger partial charge >= 0.3 is 0 Å². The van der Waals surface area contributed by atoms with Gasteiger partial charge < -0.3 is 5.11 Å². The second kappa shape index (κ2) is 4.29. The van der Waals surface area contributed by atoms with E-state index in [1.807, 2.05) is 20.8 Å². The molecule has 1 saturated heterocycles. The summed E-state index contributed by atoms with van der Waals surface area (Å²) >= 11 is 0. The number of likely N-dealkylation sites (tertiary alicyclic amines) is 1. The zero-order valence-electron chi connectivity index (χ0n) is 9.32. The van der Waals surface area contributed by atoms with Gasteiger partial charge in [0.05, 0.1) is 17.7 Å². The molecule has 0 aliphatic carbocycles. The fourth-order valence-corrected chi connectivity index (χ4v) is 1.76. The van der Waals surface area contributed by atoms with Crippen LogP contribution in [-0.4, -0.2) is 34.7 Å². The Hall–Kier alpha value is -0.590. The predicted molar refractivity (Wildman–Crippen MR) is 55.7 cm³/mol. The summed E-state index contributed by atoms with van der Waals surface area (Å²) in [6, 6.07) is 2.30. The van der Waals surface area contributed by atoms with Gasteiger partial charge in [0.2, 0.25) is 0 Å². The van der Waals surface area contributed by atoms with Gasteiger partial charge in [-0.3, -0.25) is 4.90 Å². The molecule has 0 aromatic heterocycles. The highest BCUT2D eigenvalue weighted by atomic mass is 16.3. The molecule has 2 unspecified atom stereocenters. The van der Waals surface area contributed by atoms with E-state index in [9.17, 15) is 5.11 Å². The highest BCUT2D eigenvalue weighted by molar-refractivity contribution is 4.98. The number of β-amino-alcohol motifs (C(OH)–C–C–N with tert-alkyl or cyclic N) is 1. The highest BCUT2D eigenvalue weighted by Gasteiger charge is 2.33. The van der Waals surface area contributed by atoms with E-state index in [1.165, 1.54) is 0 Å². The molecule has 1 heterocycles. The zero-order chi connectivity index (χ0) is 10.8. The predicted octanol–water partition coefficient (Wildman–Crippen LogP) is 1.38. The maximum absolute atomic E-state index is 10.1. The van der Waals surface area contributed by atoms with E-state index in [0.717, 1.165) is 19.4 Å². The Bertz CT molecular complexity index is 230.